The number of carbonyl (C=O) groups excluding carboxylic acids is 3. The van der Waals surface area contributed by atoms with Gasteiger partial charge in [-0.3, -0.25) is 29.1 Å². The van der Waals surface area contributed by atoms with Crippen LogP contribution in [0.5, 0.6) is 5.75 Å². The van der Waals surface area contributed by atoms with Gasteiger partial charge in [0.25, 0.3) is 0 Å². The molecule has 2 unspecified atom stereocenters. The van der Waals surface area contributed by atoms with Crippen LogP contribution in [-0.4, -0.2) is 32.6 Å². The summed E-state index contributed by atoms with van der Waals surface area (Å²) < 4.78 is 1.37. The summed E-state index contributed by atoms with van der Waals surface area (Å²) in [4.78, 5) is 51.1. The maximum absolute atomic E-state index is 12.9. The van der Waals surface area contributed by atoms with Crippen LogP contribution in [0, 0.1) is 12.8 Å². The number of aromatic nitrogens is 1. The van der Waals surface area contributed by atoms with Gasteiger partial charge in [-0.25, -0.2) is 0 Å². The molecule has 0 bridgehead atoms. The quantitative estimate of drug-likeness (QED) is 0.493. The van der Waals surface area contributed by atoms with Crippen LogP contribution in [0.4, 0.5) is 5.69 Å². The van der Waals surface area contributed by atoms with E-state index >= 15 is 0 Å². The van der Waals surface area contributed by atoms with E-state index in [9.17, 15) is 24.3 Å². The molecular weight excluding hydrogens is 462 g/mol. The average Bonchev–Trinajstić information content (AvgIpc) is 3.24. The number of carbonyl (C=O) groups is 3. The molecule has 0 saturated carbocycles. The first-order valence-electron chi connectivity index (χ1n) is 10.2. The molecule has 168 valence electrons. The van der Waals surface area contributed by atoms with E-state index in [4.69, 9.17) is 0 Å². The number of imide groups is 1. The van der Waals surface area contributed by atoms with Crippen LogP contribution in [0.3, 0.4) is 0 Å². The van der Waals surface area contributed by atoms with Gasteiger partial charge in [0.2, 0.25) is 17.7 Å². The van der Waals surface area contributed by atoms with Crippen molar-refractivity contribution in [2.75, 3.05) is 5.32 Å². The van der Waals surface area contributed by atoms with Gasteiger partial charge < -0.3 is 10.4 Å². The van der Waals surface area contributed by atoms with E-state index in [1.165, 1.54) is 16.7 Å². The second-order valence-electron chi connectivity index (χ2n) is 8.02. The number of rotatable bonds is 4. The molecule has 3 N–H and O–H groups in total. The number of hydrogen-bond acceptors (Lipinski definition) is 7. The van der Waals surface area contributed by atoms with Crippen LogP contribution in [0.25, 0.3) is 0 Å². The number of aryl methyl sites for hydroxylation is 1. The highest BCUT2D eigenvalue weighted by Crippen LogP contribution is 2.51. The number of phenolic OH excluding ortho intramolecular Hbond substituents is 1. The third-order valence-corrected chi connectivity index (χ3v) is 8.39. The lowest BCUT2D eigenvalue weighted by Gasteiger charge is -2.30. The first kappa shape index (κ1) is 21.5. The molecule has 0 aliphatic carbocycles. The van der Waals surface area contributed by atoms with Gasteiger partial charge in [0.15, 0.2) is 0 Å². The van der Waals surface area contributed by atoms with Crippen LogP contribution >= 0.6 is 23.1 Å². The number of thiazole rings is 1. The second-order valence-corrected chi connectivity index (χ2v) is 10.1. The number of anilines is 1. The maximum atomic E-state index is 12.9. The molecule has 0 spiro atoms. The van der Waals surface area contributed by atoms with Gasteiger partial charge in [-0.2, -0.15) is 0 Å². The average molecular weight is 482 g/mol. The summed E-state index contributed by atoms with van der Waals surface area (Å²) in [6.45, 7) is 1.74. The Morgan fingerprint density at radius 1 is 1.06 bits per heavy atom. The minimum atomic E-state index is -0.704. The van der Waals surface area contributed by atoms with E-state index in [1.54, 1.807) is 24.3 Å². The standard InChI is InChI=1S/C23H19N3O5S2/c1-11-2-6-13(7-3-11)24-15(28)10-26-22-19(33-23(26)31)16(12-4-8-14(27)9-5-12)17-18(32-22)21(30)25-20(17)29/h2-9,16-18,27H,10H2,1H3,(H,24,28)(H,25,29,30)/t16-,17?,18?/m0/s1. The normalized spacial score (nSPS) is 21.3. The summed E-state index contributed by atoms with van der Waals surface area (Å²) in [5, 5.41) is 14.7. The van der Waals surface area contributed by atoms with Crippen molar-refractivity contribution in [1.82, 2.24) is 9.88 Å². The topological polar surface area (TPSA) is 118 Å². The molecule has 1 aromatic heterocycles. The molecule has 3 amide bonds. The molecule has 2 aromatic carbocycles. The highest BCUT2D eigenvalue weighted by molar-refractivity contribution is 8.00. The number of phenols is 1. The van der Waals surface area contributed by atoms with Gasteiger partial charge in [-0.15, -0.1) is 0 Å². The Morgan fingerprint density at radius 2 is 1.76 bits per heavy atom. The lowest BCUT2D eigenvalue weighted by molar-refractivity contribution is -0.126. The minimum absolute atomic E-state index is 0.0752. The van der Waals surface area contributed by atoms with Gasteiger partial charge in [0, 0.05) is 16.5 Å². The lowest BCUT2D eigenvalue weighted by atomic mass is 9.83. The number of nitrogens with zero attached hydrogens (tertiary/aromatic N) is 1. The van der Waals surface area contributed by atoms with Gasteiger partial charge >= 0.3 is 4.87 Å². The largest absolute Gasteiger partial charge is 0.508 e. The molecule has 33 heavy (non-hydrogen) atoms. The Balaban J connectivity index is 1.52. The van der Waals surface area contributed by atoms with Gasteiger partial charge in [-0.1, -0.05) is 52.9 Å². The van der Waals surface area contributed by atoms with Crippen molar-refractivity contribution in [3.63, 3.8) is 0 Å². The Hall–Kier alpha value is -3.37. The van der Waals surface area contributed by atoms with E-state index in [2.05, 4.69) is 10.6 Å². The third-order valence-electron chi connectivity index (χ3n) is 5.78. The molecule has 2 aliphatic rings. The van der Waals surface area contributed by atoms with E-state index in [-0.39, 0.29) is 29.0 Å². The predicted octanol–water partition coefficient (Wildman–Crippen LogP) is 2.44. The zero-order chi connectivity index (χ0) is 23.3. The lowest BCUT2D eigenvalue weighted by Crippen LogP contribution is -2.32. The van der Waals surface area contributed by atoms with E-state index < -0.39 is 23.0 Å². The number of fused-ring (bicyclic) bond motifs is 2. The fourth-order valence-electron chi connectivity index (χ4n) is 4.20. The van der Waals surface area contributed by atoms with E-state index in [0.29, 0.717) is 21.2 Å². The number of nitrogens with one attached hydrogen (secondary N) is 2. The van der Waals surface area contributed by atoms with Crippen molar-refractivity contribution in [1.29, 1.82) is 0 Å². The van der Waals surface area contributed by atoms with Gasteiger partial charge in [-0.05, 0) is 36.8 Å². The zero-order valence-corrected chi connectivity index (χ0v) is 19.0. The van der Waals surface area contributed by atoms with Gasteiger partial charge in [0.1, 0.15) is 17.5 Å². The summed E-state index contributed by atoms with van der Waals surface area (Å²) in [6.07, 6.45) is 0. The maximum Gasteiger partial charge on any atom is 0.308 e. The van der Waals surface area contributed by atoms with Crippen molar-refractivity contribution < 1.29 is 19.5 Å². The molecule has 10 heteroatoms. The molecule has 8 nitrogen and oxygen atoms in total. The van der Waals surface area contributed by atoms with Crippen molar-refractivity contribution in [2.24, 2.45) is 5.92 Å². The van der Waals surface area contributed by atoms with Crippen LogP contribution in [0.1, 0.15) is 21.9 Å². The van der Waals surface area contributed by atoms with Crippen molar-refractivity contribution in [2.45, 2.75) is 29.7 Å². The third kappa shape index (κ3) is 3.85. The highest BCUT2D eigenvalue weighted by Gasteiger charge is 2.52. The highest BCUT2D eigenvalue weighted by atomic mass is 32.2. The first-order chi connectivity index (χ1) is 15.8. The smallest absolute Gasteiger partial charge is 0.308 e. The summed E-state index contributed by atoms with van der Waals surface area (Å²) in [7, 11) is 0. The van der Waals surface area contributed by atoms with Crippen LogP contribution in [0.15, 0.2) is 58.4 Å². The summed E-state index contributed by atoms with van der Waals surface area (Å²) in [5.74, 6) is -2.28. The number of thioether (sulfide) groups is 1. The molecule has 2 aliphatic heterocycles. The molecule has 3 aromatic rings. The molecule has 3 atom stereocenters. The van der Waals surface area contributed by atoms with Gasteiger partial charge in [0.05, 0.1) is 10.9 Å². The first-order valence-corrected chi connectivity index (χ1v) is 11.9. The van der Waals surface area contributed by atoms with E-state index in [0.717, 1.165) is 28.7 Å². The zero-order valence-electron chi connectivity index (χ0n) is 17.4. The monoisotopic (exact) mass is 481 g/mol. The van der Waals surface area contributed by atoms with Crippen LogP contribution < -0.4 is 15.5 Å². The summed E-state index contributed by atoms with van der Waals surface area (Å²) >= 11 is 2.13. The van der Waals surface area contributed by atoms with Crippen molar-refractivity contribution in [3.05, 3.63) is 74.2 Å². The molecule has 1 fully saturated rings. The van der Waals surface area contributed by atoms with Crippen molar-refractivity contribution in [3.8, 4) is 5.75 Å². The fourth-order valence-corrected chi connectivity index (χ4v) is 6.94. The Labute approximate surface area is 196 Å². The second kappa shape index (κ2) is 8.20. The number of benzene rings is 2. The molecule has 0 radical (unpaired) electrons. The number of aromatic hydroxyl groups is 1. The van der Waals surface area contributed by atoms with Crippen LogP contribution in [-0.2, 0) is 20.9 Å². The van der Waals surface area contributed by atoms with E-state index in [1.807, 2.05) is 19.1 Å². The fraction of sp³-hybridized carbons (Fsp3) is 0.217. The summed E-state index contributed by atoms with van der Waals surface area (Å²) in [6, 6.07) is 13.7. The Morgan fingerprint density at radius 3 is 2.45 bits per heavy atom. The Bertz CT molecular complexity index is 1330. The molecule has 5 rings (SSSR count). The minimum Gasteiger partial charge on any atom is -0.508 e. The van der Waals surface area contributed by atoms with Crippen molar-refractivity contribution >= 4 is 46.5 Å². The predicted molar refractivity (Wildman–Crippen MR) is 125 cm³/mol. The molecular formula is C23H19N3O5S2. The SMILES string of the molecule is Cc1ccc(NC(=O)Cn2c3c(sc2=O)[C@@H](c2ccc(O)cc2)C2C(=O)NC(=O)C2S3)cc1. The molecule has 3 heterocycles. The number of hydrogen-bond donors (Lipinski definition) is 3. The number of amides is 3. The Kier molecular flexibility index (Phi) is 5.34. The molecule has 1 saturated heterocycles. The van der Waals surface area contributed by atoms with Crippen LogP contribution in [0.2, 0.25) is 0 Å². The summed E-state index contributed by atoms with van der Waals surface area (Å²) in [5.41, 5.74) is 2.40.